The van der Waals surface area contributed by atoms with Crippen molar-refractivity contribution < 1.29 is 22.4 Å². The van der Waals surface area contributed by atoms with E-state index < -0.39 is 10.0 Å². The zero-order valence-corrected chi connectivity index (χ0v) is 20.6. The summed E-state index contributed by atoms with van der Waals surface area (Å²) in [5.74, 6) is 0.266. The van der Waals surface area contributed by atoms with Crippen LogP contribution in [0.1, 0.15) is 48.4 Å². The van der Waals surface area contributed by atoms with Crippen LogP contribution in [0.3, 0.4) is 0 Å². The predicted octanol–water partition coefficient (Wildman–Crippen LogP) is 2.97. The lowest BCUT2D eigenvalue weighted by Gasteiger charge is -2.24. The second-order valence-corrected chi connectivity index (χ2v) is 10.9. The molecule has 9 nitrogen and oxygen atoms in total. The second-order valence-electron chi connectivity index (χ2n) is 9.00. The van der Waals surface area contributed by atoms with Crippen LogP contribution < -0.4 is 10.6 Å². The molecule has 2 aliphatic heterocycles. The highest BCUT2D eigenvalue weighted by atomic mass is 32.2. The Balaban J connectivity index is 1.38. The molecule has 2 amide bonds. The first-order valence-corrected chi connectivity index (χ1v) is 13.4. The van der Waals surface area contributed by atoms with Gasteiger partial charge in [0.2, 0.25) is 15.9 Å². The van der Waals surface area contributed by atoms with Crippen LogP contribution >= 0.6 is 0 Å². The molecule has 0 radical (unpaired) electrons. The molecule has 2 N–H and O–H groups in total. The first-order chi connectivity index (χ1) is 16.8. The van der Waals surface area contributed by atoms with Gasteiger partial charge in [-0.3, -0.25) is 14.5 Å². The lowest BCUT2D eigenvalue weighted by atomic mass is 10.1. The molecule has 1 unspecified atom stereocenters. The molecule has 188 valence electrons. The first kappa shape index (κ1) is 25.2. The zero-order valence-electron chi connectivity index (χ0n) is 19.7. The second kappa shape index (κ2) is 11.2. The van der Waals surface area contributed by atoms with E-state index in [0.29, 0.717) is 25.2 Å². The van der Waals surface area contributed by atoms with Gasteiger partial charge < -0.3 is 15.1 Å². The van der Waals surface area contributed by atoms with Gasteiger partial charge in [0.05, 0.1) is 11.4 Å². The fourth-order valence-corrected chi connectivity index (χ4v) is 6.03. The number of carbonyl (C=O) groups excluding carboxylic acids is 2. The molecule has 2 fully saturated rings. The van der Waals surface area contributed by atoms with E-state index in [4.69, 9.17) is 4.42 Å². The maximum atomic E-state index is 13.2. The lowest BCUT2D eigenvalue weighted by molar-refractivity contribution is -0.117. The van der Waals surface area contributed by atoms with Gasteiger partial charge in [-0.15, -0.1) is 0 Å². The summed E-state index contributed by atoms with van der Waals surface area (Å²) in [6.07, 6.45) is 5.81. The SMILES string of the molecule is C=CC(=O)NC1CCCCN(S(=O)(=O)c2ccc(NC(=O)c3ccc(CN4CCCC4)o3)cc2)C1. The number of furan rings is 1. The largest absolute Gasteiger partial charge is 0.455 e. The van der Waals surface area contributed by atoms with Crippen molar-refractivity contribution in [1.82, 2.24) is 14.5 Å². The Bertz CT molecular complexity index is 1150. The third-order valence-electron chi connectivity index (χ3n) is 6.38. The molecule has 2 aliphatic rings. The third kappa shape index (κ3) is 6.39. The number of benzene rings is 1. The number of anilines is 1. The van der Waals surface area contributed by atoms with Crippen LogP contribution in [0, 0.1) is 0 Å². The van der Waals surface area contributed by atoms with Gasteiger partial charge in [-0.2, -0.15) is 4.31 Å². The van der Waals surface area contributed by atoms with Crippen molar-refractivity contribution in [3.63, 3.8) is 0 Å². The van der Waals surface area contributed by atoms with E-state index in [1.54, 1.807) is 18.2 Å². The maximum absolute atomic E-state index is 13.2. The Morgan fingerprint density at radius 2 is 1.74 bits per heavy atom. The van der Waals surface area contributed by atoms with Crippen LogP contribution in [-0.2, 0) is 21.4 Å². The topological polar surface area (TPSA) is 112 Å². The summed E-state index contributed by atoms with van der Waals surface area (Å²) in [5.41, 5.74) is 0.471. The summed E-state index contributed by atoms with van der Waals surface area (Å²) in [4.78, 5) is 26.7. The summed E-state index contributed by atoms with van der Waals surface area (Å²) in [6, 6.07) is 9.29. The Kier molecular flexibility index (Phi) is 8.04. The van der Waals surface area contributed by atoms with E-state index in [0.717, 1.165) is 31.7 Å². The molecule has 1 aromatic carbocycles. The molecule has 0 spiro atoms. The Labute approximate surface area is 206 Å². The smallest absolute Gasteiger partial charge is 0.291 e. The van der Waals surface area contributed by atoms with E-state index in [2.05, 4.69) is 22.1 Å². The normalized spacial score (nSPS) is 19.7. The summed E-state index contributed by atoms with van der Waals surface area (Å²) in [5, 5.41) is 5.56. The average molecular weight is 501 g/mol. The van der Waals surface area contributed by atoms with E-state index in [1.807, 2.05) is 6.07 Å². The highest BCUT2D eigenvalue weighted by Gasteiger charge is 2.29. The number of likely N-dealkylation sites (tertiary alicyclic amines) is 1. The molecular weight excluding hydrogens is 468 g/mol. The van der Waals surface area contributed by atoms with Crippen molar-refractivity contribution in [2.75, 3.05) is 31.5 Å². The number of rotatable bonds is 8. The van der Waals surface area contributed by atoms with Gasteiger partial charge in [0.15, 0.2) is 5.76 Å². The molecule has 2 aromatic rings. The number of sulfonamides is 1. The minimum Gasteiger partial charge on any atom is -0.455 e. The Hall–Kier alpha value is -2.95. The third-order valence-corrected chi connectivity index (χ3v) is 8.26. The van der Waals surface area contributed by atoms with Crippen LogP contribution in [0.25, 0.3) is 0 Å². The highest BCUT2D eigenvalue weighted by Crippen LogP contribution is 2.23. The van der Waals surface area contributed by atoms with Crippen LogP contribution in [0.4, 0.5) is 5.69 Å². The minimum atomic E-state index is -3.75. The highest BCUT2D eigenvalue weighted by molar-refractivity contribution is 7.89. The van der Waals surface area contributed by atoms with Crippen molar-refractivity contribution in [3.05, 3.63) is 60.6 Å². The molecule has 0 aliphatic carbocycles. The number of hydrogen-bond acceptors (Lipinski definition) is 6. The van der Waals surface area contributed by atoms with E-state index in [9.17, 15) is 18.0 Å². The van der Waals surface area contributed by atoms with Gasteiger partial charge >= 0.3 is 0 Å². The molecule has 1 atom stereocenters. The van der Waals surface area contributed by atoms with Crippen LogP contribution in [0.2, 0.25) is 0 Å². The average Bonchev–Trinajstić information content (AvgIpc) is 3.48. The number of nitrogens with zero attached hydrogens (tertiary/aromatic N) is 2. The summed E-state index contributed by atoms with van der Waals surface area (Å²) in [7, 11) is -3.75. The number of carbonyl (C=O) groups is 2. The number of nitrogens with one attached hydrogen (secondary N) is 2. The molecule has 10 heteroatoms. The van der Waals surface area contributed by atoms with E-state index in [1.165, 1.54) is 35.4 Å². The van der Waals surface area contributed by atoms with Crippen molar-refractivity contribution in [3.8, 4) is 0 Å². The van der Waals surface area contributed by atoms with Gasteiger partial charge in [0.1, 0.15) is 5.76 Å². The minimum absolute atomic E-state index is 0.136. The molecular formula is C25H32N4O5S. The van der Waals surface area contributed by atoms with Crippen molar-refractivity contribution in [2.24, 2.45) is 0 Å². The van der Waals surface area contributed by atoms with Crippen molar-refractivity contribution in [2.45, 2.75) is 49.6 Å². The summed E-state index contributed by atoms with van der Waals surface area (Å²) < 4.78 is 33.6. The molecule has 0 bridgehead atoms. The Morgan fingerprint density at radius 3 is 2.46 bits per heavy atom. The fraction of sp³-hybridized carbons (Fsp3) is 0.440. The van der Waals surface area contributed by atoms with Gasteiger partial charge in [-0.25, -0.2) is 8.42 Å². The van der Waals surface area contributed by atoms with E-state index >= 15 is 0 Å². The van der Waals surface area contributed by atoms with Crippen LogP contribution in [0.5, 0.6) is 0 Å². The van der Waals surface area contributed by atoms with Crippen molar-refractivity contribution in [1.29, 1.82) is 0 Å². The molecule has 2 saturated heterocycles. The molecule has 1 aromatic heterocycles. The zero-order chi connectivity index (χ0) is 24.8. The maximum Gasteiger partial charge on any atom is 0.291 e. The van der Waals surface area contributed by atoms with Gasteiger partial charge in [-0.05, 0) is 81.2 Å². The first-order valence-electron chi connectivity index (χ1n) is 12.0. The molecule has 0 saturated carbocycles. The summed E-state index contributed by atoms with van der Waals surface area (Å²) in [6.45, 7) is 6.82. The van der Waals surface area contributed by atoms with Gasteiger partial charge in [0, 0.05) is 24.8 Å². The number of hydrogen-bond donors (Lipinski definition) is 2. The molecule has 3 heterocycles. The van der Waals surface area contributed by atoms with E-state index in [-0.39, 0.29) is 35.1 Å². The van der Waals surface area contributed by atoms with Gasteiger partial charge in [0.25, 0.3) is 5.91 Å². The van der Waals surface area contributed by atoms with Crippen LogP contribution in [-0.4, -0.2) is 61.7 Å². The summed E-state index contributed by atoms with van der Waals surface area (Å²) >= 11 is 0. The van der Waals surface area contributed by atoms with Crippen LogP contribution in [0.15, 0.2) is 58.4 Å². The molecule has 35 heavy (non-hydrogen) atoms. The van der Waals surface area contributed by atoms with Gasteiger partial charge in [-0.1, -0.05) is 13.0 Å². The fourth-order valence-electron chi connectivity index (χ4n) is 4.50. The predicted molar refractivity (Wildman–Crippen MR) is 132 cm³/mol. The monoisotopic (exact) mass is 500 g/mol. The van der Waals surface area contributed by atoms with Crippen molar-refractivity contribution >= 4 is 27.5 Å². The lowest BCUT2D eigenvalue weighted by Crippen LogP contribution is -2.44. The standard InChI is InChI=1S/C25H32N4O5S/c1-2-24(30)26-20-7-3-4-16-29(17-20)35(32,33)22-11-8-19(9-12-22)27-25(31)23-13-10-21(34-23)18-28-14-5-6-15-28/h2,8-13,20H,1,3-7,14-18H2,(H,26,30)(H,27,31). The number of amides is 2. The molecule has 4 rings (SSSR count). The Morgan fingerprint density at radius 1 is 1.03 bits per heavy atom. The quantitative estimate of drug-likeness (QED) is 0.539.